The van der Waals surface area contributed by atoms with Crippen LogP contribution in [0.3, 0.4) is 0 Å². The van der Waals surface area contributed by atoms with E-state index < -0.39 is 26.0 Å². The van der Waals surface area contributed by atoms with Crippen molar-refractivity contribution in [1.82, 2.24) is 14.1 Å². The lowest BCUT2D eigenvalue weighted by Crippen LogP contribution is -2.20. The lowest BCUT2D eigenvalue weighted by atomic mass is 10.1. The fourth-order valence-corrected chi connectivity index (χ4v) is 5.65. The molecule has 0 aliphatic carbocycles. The molecule has 2 unspecified atom stereocenters. The van der Waals surface area contributed by atoms with E-state index in [1.54, 1.807) is 7.05 Å². The predicted molar refractivity (Wildman–Crippen MR) is 97.5 cm³/mol. The Labute approximate surface area is 165 Å². The highest BCUT2D eigenvalue weighted by molar-refractivity contribution is 7.89. The molecular formula is C16H17N5O7S. The summed E-state index contributed by atoms with van der Waals surface area (Å²) in [6.07, 6.45) is 1.52. The minimum absolute atomic E-state index is 0.0185. The fourth-order valence-electron chi connectivity index (χ4n) is 3.82. The van der Waals surface area contributed by atoms with E-state index in [-0.39, 0.29) is 35.0 Å². The molecule has 0 N–H and O–H groups in total. The number of aromatic nitrogens is 2. The average molecular weight is 423 g/mol. The Balaban J connectivity index is 1.49. The zero-order chi connectivity index (χ0) is 20.9. The number of rotatable bonds is 5. The number of nitrogens with zero attached hydrogens (tertiary/aromatic N) is 5. The molecule has 2 aromatic rings. The Morgan fingerprint density at radius 1 is 1.10 bits per heavy atom. The molecule has 0 saturated carbocycles. The van der Waals surface area contributed by atoms with Gasteiger partial charge in [-0.2, -0.15) is 9.40 Å². The van der Waals surface area contributed by atoms with E-state index in [1.807, 2.05) is 0 Å². The molecule has 0 bridgehead atoms. The van der Waals surface area contributed by atoms with E-state index in [0.717, 1.165) is 12.1 Å². The van der Waals surface area contributed by atoms with Crippen molar-refractivity contribution >= 4 is 21.4 Å². The maximum atomic E-state index is 12.9. The molecule has 29 heavy (non-hydrogen) atoms. The van der Waals surface area contributed by atoms with Gasteiger partial charge in [-0.05, 0) is 25.0 Å². The second-order valence-corrected chi connectivity index (χ2v) is 8.76. The summed E-state index contributed by atoms with van der Waals surface area (Å²) < 4.78 is 34.3. The van der Waals surface area contributed by atoms with Gasteiger partial charge in [0, 0.05) is 25.2 Å². The molecule has 0 amide bonds. The molecule has 2 aliphatic heterocycles. The summed E-state index contributed by atoms with van der Waals surface area (Å²) >= 11 is 0. The summed E-state index contributed by atoms with van der Waals surface area (Å²) in [7, 11) is -2.20. The zero-order valence-corrected chi connectivity index (χ0v) is 16.1. The summed E-state index contributed by atoms with van der Waals surface area (Å²) in [6, 6.07) is 4.10. The van der Waals surface area contributed by atoms with Crippen LogP contribution in [-0.4, -0.2) is 51.0 Å². The first-order chi connectivity index (χ1) is 13.7. The van der Waals surface area contributed by atoms with Crippen LogP contribution in [0.25, 0.3) is 0 Å². The number of nitro benzene ring substituents is 1. The van der Waals surface area contributed by atoms with Crippen molar-refractivity contribution in [3.8, 4) is 0 Å². The van der Waals surface area contributed by atoms with Crippen molar-refractivity contribution in [1.29, 1.82) is 0 Å². The van der Waals surface area contributed by atoms with Gasteiger partial charge >= 0.3 is 5.69 Å². The maximum Gasteiger partial charge on any atom is 0.312 e. The number of hydrogen-bond donors (Lipinski definition) is 0. The van der Waals surface area contributed by atoms with Crippen molar-refractivity contribution in [2.45, 2.75) is 35.9 Å². The molecule has 4 atom stereocenters. The molecule has 154 valence electrons. The Hall–Kier alpha value is -2.90. The van der Waals surface area contributed by atoms with E-state index in [9.17, 15) is 28.6 Å². The summed E-state index contributed by atoms with van der Waals surface area (Å²) in [5, 5.41) is 25.9. The Morgan fingerprint density at radius 2 is 1.79 bits per heavy atom. The van der Waals surface area contributed by atoms with Gasteiger partial charge in [0.05, 0.1) is 27.4 Å². The number of aryl methyl sites for hydroxylation is 1. The van der Waals surface area contributed by atoms with Gasteiger partial charge in [-0.1, -0.05) is 0 Å². The SMILES string of the molecule is Cn1ncc([N+](=O)[O-])c1C1CC[C@@H]2[C@H](CO1)N2S(=O)(=O)c1ccc([N+](=O)[O-])cc1. The van der Waals surface area contributed by atoms with Crippen LogP contribution in [0, 0.1) is 20.2 Å². The molecule has 0 radical (unpaired) electrons. The number of hydrogen-bond acceptors (Lipinski definition) is 8. The second-order valence-electron chi connectivity index (χ2n) is 6.92. The van der Waals surface area contributed by atoms with Gasteiger partial charge in [-0.15, -0.1) is 0 Å². The Bertz CT molecular complexity index is 1070. The van der Waals surface area contributed by atoms with Crippen molar-refractivity contribution < 1.29 is 23.0 Å². The van der Waals surface area contributed by atoms with Crippen molar-refractivity contribution in [3.05, 3.63) is 56.4 Å². The van der Waals surface area contributed by atoms with Gasteiger partial charge in [-0.25, -0.2) is 8.42 Å². The lowest BCUT2D eigenvalue weighted by molar-refractivity contribution is -0.386. The third kappa shape index (κ3) is 3.26. The number of benzene rings is 1. The Kier molecular flexibility index (Phi) is 4.59. The predicted octanol–water partition coefficient (Wildman–Crippen LogP) is 1.53. The lowest BCUT2D eigenvalue weighted by Gasteiger charge is -2.17. The molecule has 13 heteroatoms. The van der Waals surface area contributed by atoms with Crippen molar-refractivity contribution in [2.24, 2.45) is 7.05 Å². The minimum Gasteiger partial charge on any atom is -0.370 e. The molecule has 3 heterocycles. The number of ether oxygens (including phenoxy) is 1. The molecule has 4 rings (SSSR count). The van der Waals surface area contributed by atoms with Gasteiger partial charge in [0.25, 0.3) is 5.69 Å². The third-order valence-electron chi connectivity index (χ3n) is 5.29. The van der Waals surface area contributed by atoms with Crippen LogP contribution in [-0.2, 0) is 21.8 Å². The van der Waals surface area contributed by atoms with Gasteiger partial charge in [0.1, 0.15) is 18.0 Å². The first-order valence-electron chi connectivity index (χ1n) is 8.77. The van der Waals surface area contributed by atoms with Gasteiger partial charge in [0.15, 0.2) is 0 Å². The molecule has 2 aliphatic rings. The normalized spacial score (nSPS) is 26.4. The van der Waals surface area contributed by atoms with Gasteiger partial charge < -0.3 is 4.74 Å². The van der Waals surface area contributed by atoms with Gasteiger partial charge in [-0.3, -0.25) is 24.9 Å². The van der Waals surface area contributed by atoms with E-state index in [2.05, 4.69) is 5.10 Å². The number of nitro groups is 2. The monoisotopic (exact) mass is 423 g/mol. The van der Waals surface area contributed by atoms with E-state index in [1.165, 1.54) is 27.3 Å². The van der Waals surface area contributed by atoms with Crippen LogP contribution in [0.4, 0.5) is 11.4 Å². The molecule has 2 fully saturated rings. The summed E-state index contributed by atoms with van der Waals surface area (Å²) in [5.41, 5.74) is 0.0532. The molecule has 0 spiro atoms. The molecule has 2 saturated heterocycles. The standard InChI is InChI=1S/C16H17N5O7S/c1-18-16(13(8-17-18)21(24)25)15-7-6-12-14(9-28-15)19(12)29(26,27)11-4-2-10(3-5-11)20(22)23/h2-5,8,12,14-15H,6-7,9H2,1H3/t12-,14+,15?,19?/m1/s1. The van der Waals surface area contributed by atoms with Crippen LogP contribution in [0.15, 0.2) is 35.4 Å². The second kappa shape index (κ2) is 6.86. The molecule has 12 nitrogen and oxygen atoms in total. The van der Waals surface area contributed by atoms with Gasteiger partial charge in [0.2, 0.25) is 10.0 Å². The largest absolute Gasteiger partial charge is 0.370 e. The van der Waals surface area contributed by atoms with Crippen LogP contribution in [0.1, 0.15) is 24.6 Å². The summed E-state index contributed by atoms with van der Waals surface area (Å²) in [5.74, 6) is 0. The van der Waals surface area contributed by atoms with Crippen molar-refractivity contribution in [2.75, 3.05) is 6.61 Å². The number of fused-ring (bicyclic) bond motifs is 1. The average Bonchev–Trinajstić information content (AvgIpc) is 3.31. The number of sulfonamides is 1. The number of non-ortho nitro benzene ring substituents is 1. The van der Waals surface area contributed by atoms with E-state index in [4.69, 9.17) is 4.74 Å². The molecular weight excluding hydrogens is 406 g/mol. The van der Waals surface area contributed by atoms with Crippen LogP contribution < -0.4 is 0 Å². The minimum atomic E-state index is -3.80. The first kappa shape index (κ1) is 19.4. The zero-order valence-electron chi connectivity index (χ0n) is 15.2. The smallest absolute Gasteiger partial charge is 0.312 e. The van der Waals surface area contributed by atoms with Crippen LogP contribution in [0.2, 0.25) is 0 Å². The highest BCUT2D eigenvalue weighted by atomic mass is 32.2. The highest BCUT2D eigenvalue weighted by Gasteiger charge is 2.57. The molecule has 1 aromatic carbocycles. The maximum absolute atomic E-state index is 12.9. The van der Waals surface area contributed by atoms with Crippen LogP contribution >= 0.6 is 0 Å². The van der Waals surface area contributed by atoms with Crippen molar-refractivity contribution in [3.63, 3.8) is 0 Å². The van der Waals surface area contributed by atoms with E-state index >= 15 is 0 Å². The van der Waals surface area contributed by atoms with Crippen LogP contribution in [0.5, 0.6) is 0 Å². The highest BCUT2D eigenvalue weighted by Crippen LogP contribution is 2.44. The Morgan fingerprint density at radius 3 is 2.41 bits per heavy atom. The summed E-state index contributed by atoms with van der Waals surface area (Å²) in [4.78, 5) is 20.8. The fraction of sp³-hybridized carbons (Fsp3) is 0.438. The quantitative estimate of drug-likeness (QED) is 0.399. The summed E-state index contributed by atoms with van der Waals surface area (Å²) in [6.45, 7) is 0.101. The molecule has 1 aromatic heterocycles. The third-order valence-corrected chi connectivity index (χ3v) is 7.25. The topological polar surface area (TPSA) is 150 Å². The first-order valence-corrected chi connectivity index (χ1v) is 10.2. The van der Waals surface area contributed by atoms with E-state index in [0.29, 0.717) is 18.5 Å².